The lowest BCUT2D eigenvalue weighted by molar-refractivity contribution is 1.11. The third-order valence-electron chi connectivity index (χ3n) is 1.89. The standard InChI is InChI=1S/C10H10BrN3S2/c1-2-15-10-8(11)6(12)5-7(14-10)9-13-3-4-16-9/h3-5H,2H2,1H3,(H2,12,14). The number of hydrogen-bond acceptors (Lipinski definition) is 5. The first-order chi connectivity index (χ1) is 7.72. The summed E-state index contributed by atoms with van der Waals surface area (Å²) in [7, 11) is 0. The van der Waals surface area contributed by atoms with Gasteiger partial charge in [-0.05, 0) is 27.7 Å². The van der Waals surface area contributed by atoms with E-state index < -0.39 is 0 Å². The number of rotatable bonds is 3. The van der Waals surface area contributed by atoms with Crippen molar-refractivity contribution in [1.82, 2.24) is 9.97 Å². The van der Waals surface area contributed by atoms with Crippen LogP contribution in [0.15, 0.2) is 27.1 Å². The molecule has 0 aliphatic heterocycles. The summed E-state index contributed by atoms with van der Waals surface area (Å²) in [5.41, 5.74) is 7.48. The quantitative estimate of drug-likeness (QED) is 0.878. The van der Waals surface area contributed by atoms with Gasteiger partial charge in [-0.1, -0.05) is 6.92 Å². The summed E-state index contributed by atoms with van der Waals surface area (Å²) >= 11 is 6.68. The predicted molar refractivity (Wildman–Crippen MR) is 73.9 cm³/mol. The average Bonchev–Trinajstić information content (AvgIpc) is 2.78. The van der Waals surface area contributed by atoms with E-state index in [2.05, 4.69) is 32.8 Å². The van der Waals surface area contributed by atoms with Crippen LogP contribution in [0.2, 0.25) is 0 Å². The molecule has 0 fully saturated rings. The lowest BCUT2D eigenvalue weighted by atomic mass is 10.3. The van der Waals surface area contributed by atoms with Gasteiger partial charge in [-0.25, -0.2) is 9.97 Å². The Kier molecular flexibility index (Phi) is 3.83. The van der Waals surface area contributed by atoms with Crippen molar-refractivity contribution in [2.24, 2.45) is 0 Å². The molecule has 2 aromatic heterocycles. The summed E-state index contributed by atoms with van der Waals surface area (Å²) in [5.74, 6) is 0.965. The van der Waals surface area contributed by atoms with Crippen LogP contribution in [0, 0.1) is 0 Å². The van der Waals surface area contributed by atoms with Gasteiger partial charge >= 0.3 is 0 Å². The maximum Gasteiger partial charge on any atom is 0.141 e. The Labute approximate surface area is 111 Å². The number of hydrogen-bond donors (Lipinski definition) is 1. The number of anilines is 1. The molecule has 2 rings (SSSR count). The van der Waals surface area contributed by atoms with Gasteiger partial charge in [0, 0.05) is 11.6 Å². The Morgan fingerprint density at radius 1 is 1.56 bits per heavy atom. The van der Waals surface area contributed by atoms with Gasteiger partial charge in [-0.15, -0.1) is 23.1 Å². The first kappa shape index (κ1) is 11.9. The smallest absolute Gasteiger partial charge is 0.141 e. The van der Waals surface area contributed by atoms with Gasteiger partial charge in [0.2, 0.25) is 0 Å². The van der Waals surface area contributed by atoms with Crippen molar-refractivity contribution < 1.29 is 0 Å². The van der Waals surface area contributed by atoms with Crippen molar-refractivity contribution in [1.29, 1.82) is 0 Å². The minimum Gasteiger partial charge on any atom is -0.398 e. The highest BCUT2D eigenvalue weighted by molar-refractivity contribution is 9.10. The number of nitrogens with zero attached hydrogens (tertiary/aromatic N) is 2. The first-order valence-corrected chi connectivity index (χ1v) is 7.37. The van der Waals surface area contributed by atoms with E-state index in [1.54, 1.807) is 29.3 Å². The van der Waals surface area contributed by atoms with Gasteiger partial charge in [-0.3, -0.25) is 0 Å². The Bertz CT molecular complexity index is 485. The molecule has 0 radical (unpaired) electrons. The normalized spacial score (nSPS) is 10.6. The number of nitrogens with two attached hydrogens (primary N) is 1. The van der Waals surface area contributed by atoms with Crippen molar-refractivity contribution in [3.8, 4) is 10.7 Å². The SMILES string of the molecule is CCSc1nc(-c2nccs2)cc(N)c1Br. The van der Waals surface area contributed by atoms with Crippen molar-refractivity contribution in [3.63, 3.8) is 0 Å². The highest BCUT2D eigenvalue weighted by Gasteiger charge is 2.11. The molecule has 16 heavy (non-hydrogen) atoms. The summed E-state index contributed by atoms with van der Waals surface area (Å²) < 4.78 is 0.875. The van der Waals surface area contributed by atoms with Crippen molar-refractivity contribution >= 4 is 44.7 Å². The van der Waals surface area contributed by atoms with E-state index in [9.17, 15) is 0 Å². The fraction of sp³-hybridized carbons (Fsp3) is 0.200. The highest BCUT2D eigenvalue weighted by Crippen LogP contribution is 2.34. The zero-order chi connectivity index (χ0) is 11.5. The van der Waals surface area contributed by atoms with E-state index in [4.69, 9.17) is 5.73 Å². The van der Waals surface area contributed by atoms with Crippen LogP contribution in [0.3, 0.4) is 0 Å². The van der Waals surface area contributed by atoms with E-state index in [0.29, 0.717) is 5.69 Å². The maximum absolute atomic E-state index is 5.93. The summed E-state index contributed by atoms with van der Waals surface area (Å²) in [5, 5.41) is 3.76. The monoisotopic (exact) mass is 315 g/mol. The van der Waals surface area contributed by atoms with Gasteiger partial charge in [-0.2, -0.15) is 0 Å². The van der Waals surface area contributed by atoms with E-state index in [1.165, 1.54) is 0 Å². The Morgan fingerprint density at radius 2 is 2.38 bits per heavy atom. The van der Waals surface area contributed by atoms with Gasteiger partial charge in [0.1, 0.15) is 15.7 Å². The van der Waals surface area contributed by atoms with Crippen molar-refractivity contribution in [3.05, 3.63) is 22.1 Å². The second-order valence-corrected chi connectivity index (χ2v) is 5.93. The molecule has 0 saturated heterocycles. The van der Waals surface area contributed by atoms with Crippen LogP contribution in [0.1, 0.15) is 6.92 Å². The zero-order valence-corrected chi connectivity index (χ0v) is 11.8. The summed E-state index contributed by atoms with van der Waals surface area (Å²) in [4.78, 5) is 8.78. The minimum atomic E-state index is 0.705. The molecule has 0 saturated carbocycles. The molecule has 0 bridgehead atoms. The molecule has 0 aliphatic carbocycles. The Balaban J connectivity index is 2.48. The Hall–Kier alpha value is -0.590. The summed E-state index contributed by atoms with van der Waals surface area (Å²) in [6, 6.07) is 1.85. The average molecular weight is 316 g/mol. The van der Waals surface area contributed by atoms with E-state index in [-0.39, 0.29) is 0 Å². The molecule has 84 valence electrons. The lowest BCUT2D eigenvalue weighted by Gasteiger charge is -2.07. The number of thiazole rings is 1. The summed E-state index contributed by atoms with van der Waals surface area (Å²) in [6.45, 7) is 2.09. The number of halogens is 1. The third kappa shape index (κ3) is 2.39. The second-order valence-electron chi connectivity index (χ2n) is 2.99. The number of thioether (sulfide) groups is 1. The van der Waals surface area contributed by atoms with Crippen LogP contribution in [0.5, 0.6) is 0 Å². The third-order valence-corrected chi connectivity index (χ3v) is 4.64. The molecular weight excluding hydrogens is 306 g/mol. The van der Waals surface area contributed by atoms with Crippen molar-refractivity contribution in [2.75, 3.05) is 11.5 Å². The van der Waals surface area contributed by atoms with Gasteiger partial charge in [0.25, 0.3) is 0 Å². The molecule has 0 atom stereocenters. The fourth-order valence-electron chi connectivity index (χ4n) is 1.22. The second kappa shape index (κ2) is 5.16. The molecule has 0 spiro atoms. The number of pyridine rings is 1. The lowest BCUT2D eigenvalue weighted by Crippen LogP contribution is -1.94. The largest absolute Gasteiger partial charge is 0.398 e. The predicted octanol–water partition coefficient (Wildman–Crippen LogP) is 3.66. The molecule has 3 nitrogen and oxygen atoms in total. The zero-order valence-electron chi connectivity index (χ0n) is 8.61. The molecule has 2 heterocycles. The van der Waals surface area contributed by atoms with Crippen molar-refractivity contribution in [2.45, 2.75) is 11.9 Å². The van der Waals surface area contributed by atoms with Crippen LogP contribution in [-0.4, -0.2) is 15.7 Å². The molecule has 6 heteroatoms. The highest BCUT2D eigenvalue weighted by atomic mass is 79.9. The molecule has 2 N–H and O–H groups in total. The topological polar surface area (TPSA) is 51.8 Å². The summed E-state index contributed by atoms with van der Waals surface area (Å²) in [6.07, 6.45) is 1.77. The fourth-order valence-corrected chi connectivity index (χ4v) is 3.04. The van der Waals surface area contributed by atoms with E-state index in [0.717, 1.165) is 26.0 Å². The van der Waals surface area contributed by atoms with Gasteiger partial charge in [0.05, 0.1) is 10.2 Å². The Morgan fingerprint density at radius 3 is 3.00 bits per heavy atom. The maximum atomic E-state index is 5.93. The van der Waals surface area contributed by atoms with E-state index >= 15 is 0 Å². The van der Waals surface area contributed by atoms with Crippen LogP contribution >= 0.6 is 39.0 Å². The number of nitrogen functional groups attached to an aromatic ring is 1. The molecule has 0 amide bonds. The molecule has 0 aliphatic rings. The van der Waals surface area contributed by atoms with Gasteiger partial charge < -0.3 is 5.73 Å². The van der Waals surface area contributed by atoms with Crippen LogP contribution in [0.4, 0.5) is 5.69 Å². The minimum absolute atomic E-state index is 0.705. The van der Waals surface area contributed by atoms with Crippen LogP contribution < -0.4 is 5.73 Å². The molecule has 2 aromatic rings. The molecule has 0 unspecified atom stereocenters. The first-order valence-electron chi connectivity index (χ1n) is 4.71. The van der Waals surface area contributed by atoms with E-state index in [1.807, 2.05) is 11.4 Å². The van der Waals surface area contributed by atoms with Crippen LogP contribution in [0.25, 0.3) is 10.7 Å². The van der Waals surface area contributed by atoms with Gasteiger partial charge in [0.15, 0.2) is 0 Å². The van der Waals surface area contributed by atoms with Crippen LogP contribution in [-0.2, 0) is 0 Å². The molecular formula is C10H10BrN3S2. The number of aromatic nitrogens is 2. The molecule has 0 aromatic carbocycles.